The molecule has 1 aromatic carbocycles. The number of benzene rings is 1. The molecule has 1 amide bonds. The number of nitro groups is 1. The van der Waals surface area contributed by atoms with E-state index < -0.39 is 12.0 Å². The monoisotopic (exact) mass is 336 g/mol. The van der Waals surface area contributed by atoms with Gasteiger partial charge in [-0.2, -0.15) is 0 Å². The molecule has 0 aromatic heterocycles. The van der Waals surface area contributed by atoms with Crippen molar-refractivity contribution in [1.29, 1.82) is 0 Å². The summed E-state index contributed by atoms with van der Waals surface area (Å²) in [6, 6.07) is 4.42. The number of hydrogen-bond acceptors (Lipinski definition) is 5. The number of methoxy groups -OCH3 is 2. The zero-order valence-electron chi connectivity index (χ0n) is 14.4. The molecule has 7 heteroatoms. The number of hydrogen-bond donors (Lipinski definition) is 0. The molecule has 0 bridgehead atoms. The van der Waals surface area contributed by atoms with Crippen molar-refractivity contribution in [1.82, 2.24) is 4.90 Å². The highest BCUT2D eigenvalue weighted by molar-refractivity contribution is 5.78. The van der Waals surface area contributed by atoms with Gasteiger partial charge in [0, 0.05) is 17.9 Å². The number of carbonyl (C=O) groups excluding carboxylic acids is 1. The number of amides is 1. The zero-order chi connectivity index (χ0) is 17.7. The first-order valence-corrected chi connectivity index (χ1v) is 8.15. The van der Waals surface area contributed by atoms with Crippen LogP contribution in [0, 0.1) is 10.1 Å². The molecule has 132 valence electrons. The van der Waals surface area contributed by atoms with Gasteiger partial charge in [0.05, 0.1) is 26.7 Å². The van der Waals surface area contributed by atoms with Gasteiger partial charge in [-0.15, -0.1) is 0 Å². The molecule has 1 saturated heterocycles. The Hall–Kier alpha value is -2.31. The Bertz CT molecular complexity index is 605. The minimum absolute atomic E-state index is 0.0265. The minimum Gasteiger partial charge on any atom is -0.493 e. The third-order valence-electron chi connectivity index (χ3n) is 4.51. The van der Waals surface area contributed by atoms with E-state index in [1.165, 1.54) is 14.2 Å². The maximum atomic E-state index is 12.4. The van der Waals surface area contributed by atoms with Crippen molar-refractivity contribution in [2.75, 3.05) is 27.3 Å². The molecule has 7 nitrogen and oxygen atoms in total. The van der Waals surface area contributed by atoms with Crippen molar-refractivity contribution in [2.24, 2.45) is 0 Å². The van der Waals surface area contributed by atoms with Crippen LogP contribution in [-0.4, -0.2) is 49.1 Å². The molecule has 1 aliphatic rings. The van der Waals surface area contributed by atoms with Gasteiger partial charge in [0.25, 0.3) is 0 Å². The molecule has 2 atom stereocenters. The highest BCUT2D eigenvalue weighted by atomic mass is 16.6. The van der Waals surface area contributed by atoms with E-state index in [0.29, 0.717) is 18.0 Å². The molecule has 0 spiro atoms. The third-order valence-corrected chi connectivity index (χ3v) is 4.51. The average Bonchev–Trinajstić information content (AvgIpc) is 2.59. The first-order chi connectivity index (χ1) is 11.5. The van der Waals surface area contributed by atoms with E-state index in [0.717, 1.165) is 18.4 Å². The van der Waals surface area contributed by atoms with Crippen LogP contribution in [0.4, 0.5) is 0 Å². The number of ether oxygens (including phenoxy) is 2. The first-order valence-electron chi connectivity index (χ1n) is 8.15. The van der Waals surface area contributed by atoms with Crippen LogP contribution in [0.15, 0.2) is 18.2 Å². The Balaban J connectivity index is 2.28. The van der Waals surface area contributed by atoms with E-state index >= 15 is 0 Å². The molecular formula is C17H24N2O5. The lowest BCUT2D eigenvalue weighted by atomic mass is 9.85. The summed E-state index contributed by atoms with van der Waals surface area (Å²) < 4.78 is 10.5. The van der Waals surface area contributed by atoms with Gasteiger partial charge in [0.2, 0.25) is 11.9 Å². The fourth-order valence-corrected chi connectivity index (χ4v) is 3.11. The number of carbonyl (C=O) groups is 1. The summed E-state index contributed by atoms with van der Waals surface area (Å²) in [5.74, 6) is 0.593. The molecule has 0 radical (unpaired) electrons. The van der Waals surface area contributed by atoms with Crippen LogP contribution in [0.2, 0.25) is 0 Å². The molecule has 24 heavy (non-hydrogen) atoms. The van der Waals surface area contributed by atoms with Crippen molar-refractivity contribution in [3.8, 4) is 11.5 Å². The van der Waals surface area contributed by atoms with E-state index in [-0.39, 0.29) is 23.8 Å². The molecule has 2 unspecified atom stereocenters. The minimum atomic E-state index is -0.808. The lowest BCUT2D eigenvalue weighted by molar-refractivity contribution is -0.528. The number of unbranched alkanes of at least 4 members (excludes halogenated alkanes) is 1. The molecule has 0 saturated carbocycles. The number of likely N-dealkylation sites (tertiary alicyclic amines) is 1. The smallest absolute Gasteiger partial charge is 0.237 e. The lowest BCUT2D eigenvalue weighted by Gasteiger charge is -2.34. The standard InChI is InChI=1S/C17H24N2O5/c1-4-5-8-18-11-14(19(21)22)13(10-17(18)20)12-6-7-15(23-2)16(9-12)24-3/h6-7,9,13-14H,4-5,8,10-11H2,1-3H3. The predicted octanol–water partition coefficient (Wildman–Crippen LogP) is 2.47. The van der Waals surface area contributed by atoms with Crippen LogP contribution < -0.4 is 9.47 Å². The molecular weight excluding hydrogens is 312 g/mol. The largest absolute Gasteiger partial charge is 0.493 e. The highest BCUT2D eigenvalue weighted by Crippen LogP contribution is 2.36. The van der Waals surface area contributed by atoms with E-state index in [1.54, 1.807) is 23.1 Å². The predicted molar refractivity (Wildman–Crippen MR) is 89.2 cm³/mol. The van der Waals surface area contributed by atoms with Crippen LogP contribution in [0.5, 0.6) is 11.5 Å². The molecule has 1 fully saturated rings. The summed E-state index contributed by atoms with van der Waals surface area (Å²) in [4.78, 5) is 25.3. The number of nitrogens with zero attached hydrogens (tertiary/aromatic N) is 2. The first kappa shape index (κ1) is 18.0. The topological polar surface area (TPSA) is 81.9 Å². The van der Waals surface area contributed by atoms with Crippen LogP contribution in [0.25, 0.3) is 0 Å². The van der Waals surface area contributed by atoms with Crippen LogP contribution >= 0.6 is 0 Å². The summed E-state index contributed by atoms with van der Waals surface area (Å²) in [5, 5.41) is 11.6. The number of piperidine rings is 1. The molecule has 2 rings (SSSR count). The summed E-state index contributed by atoms with van der Waals surface area (Å²) in [6.45, 7) is 2.77. The van der Waals surface area contributed by atoms with Gasteiger partial charge < -0.3 is 14.4 Å². The van der Waals surface area contributed by atoms with Gasteiger partial charge in [0.15, 0.2) is 11.5 Å². The Morgan fingerprint density at radius 1 is 1.29 bits per heavy atom. The summed E-state index contributed by atoms with van der Waals surface area (Å²) in [6.07, 6.45) is 1.95. The Labute approximate surface area is 141 Å². The van der Waals surface area contributed by atoms with Gasteiger partial charge >= 0.3 is 0 Å². The van der Waals surface area contributed by atoms with E-state index in [2.05, 4.69) is 0 Å². The SMILES string of the molecule is CCCCN1CC([N+](=O)[O-])C(c2ccc(OC)c(OC)c2)CC1=O. The normalized spacial score (nSPS) is 20.8. The Morgan fingerprint density at radius 2 is 2.00 bits per heavy atom. The molecule has 1 aliphatic heterocycles. The van der Waals surface area contributed by atoms with Crippen molar-refractivity contribution in [3.05, 3.63) is 33.9 Å². The summed E-state index contributed by atoms with van der Waals surface area (Å²) in [7, 11) is 3.05. The third kappa shape index (κ3) is 3.77. The molecule has 1 aromatic rings. The fraction of sp³-hybridized carbons (Fsp3) is 0.588. The maximum absolute atomic E-state index is 12.4. The van der Waals surface area contributed by atoms with Crippen molar-refractivity contribution in [3.63, 3.8) is 0 Å². The summed E-state index contributed by atoms with van der Waals surface area (Å²) in [5.41, 5.74) is 0.734. The van der Waals surface area contributed by atoms with E-state index in [1.807, 2.05) is 6.92 Å². The van der Waals surface area contributed by atoms with Gasteiger partial charge in [-0.05, 0) is 24.1 Å². The second-order valence-corrected chi connectivity index (χ2v) is 5.97. The Kier molecular flexibility index (Phi) is 6.00. The number of rotatable bonds is 7. The molecule has 0 N–H and O–H groups in total. The maximum Gasteiger partial charge on any atom is 0.237 e. The lowest BCUT2D eigenvalue weighted by Crippen LogP contribution is -2.49. The second-order valence-electron chi connectivity index (χ2n) is 5.97. The van der Waals surface area contributed by atoms with E-state index in [9.17, 15) is 14.9 Å². The fourth-order valence-electron chi connectivity index (χ4n) is 3.11. The van der Waals surface area contributed by atoms with E-state index in [4.69, 9.17) is 9.47 Å². The van der Waals surface area contributed by atoms with Crippen molar-refractivity contribution in [2.45, 2.75) is 38.1 Å². The van der Waals surface area contributed by atoms with Gasteiger partial charge in [-0.3, -0.25) is 14.9 Å². The summed E-state index contributed by atoms with van der Waals surface area (Å²) >= 11 is 0. The van der Waals surface area contributed by atoms with Crippen molar-refractivity contribution >= 4 is 5.91 Å². The average molecular weight is 336 g/mol. The quantitative estimate of drug-likeness (QED) is 0.564. The van der Waals surface area contributed by atoms with Gasteiger partial charge in [-0.25, -0.2) is 0 Å². The van der Waals surface area contributed by atoms with Crippen LogP contribution in [0.3, 0.4) is 0 Å². The molecule has 1 heterocycles. The highest BCUT2D eigenvalue weighted by Gasteiger charge is 2.42. The van der Waals surface area contributed by atoms with Crippen LogP contribution in [-0.2, 0) is 4.79 Å². The second kappa shape index (κ2) is 7.99. The Morgan fingerprint density at radius 3 is 2.58 bits per heavy atom. The van der Waals surface area contributed by atoms with Crippen LogP contribution in [0.1, 0.15) is 37.7 Å². The van der Waals surface area contributed by atoms with Gasteiger partial charge in [0.1, 0.15) is 0 Å². The zero-order valence-corrected chi connectivity index (χ0v) is 14.4. The molecule has 0 aliphatic carbocycles. The van der Waals surface area contributed by atoms with Gasteiger partial charge in [-0.1, -0.05) is 19.4 Å². The van der Waals surface area contributed by atoms with Crippen molar-refractivity contribution < 1.29 is 19.2 Å².